The first-order valence-corrected chi connectivity index (χ1v) is 7.20. The molecule has 1 atom stereocenters. The molecule has 1 aliphatic heterocycles. The molecule has 3 rings (SSSR count). The number of aromatic nitrogens is 5. The maximum atomic E-state index is 6.14. The number of nitrogens with zero attached hydrogens (tertiary/aromatic N) is 5. The summed E-state index contributed by atoms with van der Waals surface area (Å²) in [6.45, 7) is 6.94. The monoisotopic (exact) mass is 295 g/mol. The summed E-state index contributed by atoms with van der Waals surface area (Å²) < 4.78 is 9.15. The topological polar surface area (TPSA) is 57.8 Å². The predicted molar refractivity (Wildman–Crippen MR) is 74.9 cm³/mol. The quantitative estimate of drug-likeness (QED) is 0.865. The van der Waals surface area contributed by atoms with Crippen LogP contribution < -0.4 is 0 Å². The zero-order chi connectivity index (χ0) is 14.1. The molecule has 1 fully saturated rings. The Hall–Kier alpha value is -1.40. The van der Waals surface area contributed by atoms with Gasteiger partial charge in [-0.1, -0.05) is 16.8 Å². The van der Waals surface area contributed by atoms with Crippen LogP contribution in [0.1, 0.15) is 29.4 Å². The molecule has 0 unspecified atom stereocenters. The number of halogens is 1. The molecule has 0 radical (unpaired) electrons. The molecule has 0 spiro atoms. The summed E-state index contributed by atoms with van der Waals surface area (Å²) in [5.41, 5.74) is 2.88. The van der Waals surface area contributed by atoms with E-state index in [0.29, 0.717) is 5.92 Å². The number of aryl methyl sites for hydroxylation is 3. The van der Waals surface area contributed by atoms with E-state index in [1.54, 1.807) is 0 Å². The van der Waals surface area contributed by atoms with Crippen molar-refractivity contribution in [3.8, 4) is 0 Å². The first-order chi connectivity index (χ1) is 9.65. The molecule has 0 aromatic carbocycles. The minimum absolute atomic E-state index is 0.395. The second kappa shape index (κ2) is 5.54. The summed E-state index contributed by atoms with van der Waals surface area (Å²) in [5.74, 6) is 0.395. The Morgan fingerprint density at radius 3 is 2.90 bits per heavy atom. The molecule has 0 amide bonds. The number of hydrogen-bond donors (Lipinski definition) is 0. The molecule has 20 heavy (non-hydrogen) atoms. The molecule has 6 nitrogen and oxygen atoms in total. The van der Waals surface area contributed by atoms with Crippen LogP contribution in [0.15, 0.2) is 6.20 Å². The molecular weight excluding hydrogens is 278 g/mol. The lowest BCUT2D eigenvalue weighted by Crippen LogP contribution is -2.10. The van der Waals surface area contributed by atoms with Crippen LogP contribution in [-0.4, -0.2) is 38.0 Å². The smallest absolute Gasteiger partial charge is 0.0881 e. The van der Waals surface area contributed by atoms with E-state index >= 15 is 0 Å². The van der Waals surface area contributed by atoms with Crippen LogP contribution in [0.25, 0.3) is 0 Å². The van der Waals surface area contributed by atoms with Crippen molar-refractivity contribution in [1.82, 2.24) is 24.8 Å². The lowest BCUT2D eigenvalue weighted by Gasteiger charge is -2.04. The number of ether oxygens (including phenoxy) is 1. The van der Waals surface area contributed by atoms with Gasteiger partial charge in [-0.15, -0.1) is 5.10 Å². The summed E-state index contributed by atoms with van der Waals surface area (Å²) >= 11 is 6.14. The Labute approximate surface area is 122 Å². The summed E-state index contributed by atoms with van der Waals surface area (Å²) in [5, 5.41) is 13.6. The maximum Gasteiger partial charge on any atom is 0.0881 e. The normalized spacial score (nSPS) is 18.9. The van der Waals surface area contributed by atoms with Gasteiger partial charge >= 0.3 is 0 Å². The Balaban J connectivity index is 1.64. The minimum Gasteiger partial charge on any atom is -0.381 e. The molecule has 0 saturated carbocycles. The minimum atomic E-state index is 0.395. The van der Waals surface area contributed by atoms with E-state index in [0.717, 1.165) is 54.8 Å². The van der Waals surface area contributed by atoms with E-state index in [1.807, 2.05) is 29.4 Å². The molecule has 7 heteroatoms. The average molecular weight is 296 g/mol. The molecule has 1 aliphatic rings. The fourth-order valence-corrected chi connectivity index (χ4v) is 2.60. The lowest BCUT2D eigenvalue weighted by atomic mass is 10.1. The van der Waals surface area contributed by atoms with Gasteiger partial charge in [-0.2, -0.15) is 5.10 Å². The summed E-state index contributed by atoms with van der Waals surface area (Å²) in [7, 11) is 0. The van der Waals surface area contributed by atoms with Crippen LogP contribution in [0, 0.1) is 13.8 Å². The van der Waals surface area contributed by atoms with Gasteiger partial charge in [0.2, 0.25) is 0 Å². The van der Waals surface area contributed by atoms with Crippen molar-refractivity contribution >= 4 is 11.6 Å². The molecule has 0 N–H and O–H groups in total. The van der Waals surface area contributed by atoms with Crippen molar-refractivity contribution in [2.45, 2.75) is 39.3 Å². The van der Waals surface area contributed by atoms with Crippen LogP contribution in [0.3, 0.4) is 0 Å². The standard InChI is InChI=1S/C13H18ClN5O/c1-9-13(14)10(2)19(16-9)5-4-18-7-12(15-17-18)11-3-6-20-8-11/h7,11H,3-6,8H2,1-2H3/t11-/m0/s1. The van der Waals surface area contributed by atoms with E-state index in [4.69, 9.17) is 16.3 Å². The summed E-state index contributed by atoms with van der Waals surface area (Å²) in [4.78, 5) is 0. The van der Waals surface area contributed by atoms with E-state index < -0.39 is 0 Å². The van der Waals surface area contributed by atoms with Crippen molar-refractivity contribution < 1.29 is 4.74 Å². The predicted octanol–water partition coefficient (Wildman–Crippen LogP) is 1.95. The molecule has 0 bridgehead atoms. The van der Waals surface area contributed by atoms with Gasteiger partial charge in [-0.25, -0.2) is 0 Å². The van der Waals surface area contributed by atoms with Gasteiger partial charge in [-0.3, -0.25) is 9.36 Å². The van der Waals surface area contributed by atoms with Crippen LogP contribution in [0.5, 0.6) is 0 Å². The van der Waals surface area contributed by atoms with Crippen molar-refractivity contribution in [1.29, 1.82) is 0 Å². The molecule has 2 aromatic rings. The number of hydrogen-bond acceptors (Lipinski definition) is 4. The van der Waals surface area contributed by atoms with Gasteiger partial charge < -0.3 is 4.74 Å². The second-order valence-corrected chi connectivity index (χ2v) is 5.55. The van der Waals surface area contributed by atoms with Crippen LogP contribution >= 0.6 is 11.6 Å². The maximum absolute atomic E-state index is 6.14. The van der Waals surface area contributed by atoms with E-state index in [-0.39, 0.29) is 0 Å². The van der Waals surface area contributed by atoms with Gasteiger partial charge in [0.1, 0.15) is 0 Å². The third-order valence-electron chi connectivity index (χ3n) is 3.74. The van der Waals surface area contributed by atoms with Crippen LogP contribution in [0.4, 0.5) is 0 Å². The third-order valence-corrected chi connectivity index (χ3v) is 4.29. The van der Waals surface area contributed by atoms with Crippen LogP contribution in [0.2, 0.25) is 5.02 Å². The Morgan fingerprint density at radius 2 is 2.25 bits per heavy atom. The first-order valence-electron chi connectivity index (χ1n) is 6.82. The van der Waals surface area contributed by atoms with Crippen molar-refractivity contribution in [3.63, 3.8) is 0 Å². The summed E-state index contributed by atoms with van der Waals surface area (Å²) in [6, 6.07) is 0. The molecule has 108 valence electrons. The molecule has 0 aliphatic carbocycles. The Bertz CT molecular complexity index is 600. The molecular formula is C13H18ClN5O. The molecule has 1 saturated heterocycles. The first kappa shape index (κ1) is 13.6. The van der Waals surface area contributed by atoms with Crippen molar-refractivity contribution in [3.05, 3.63) is 28.3 Å². The van der Waals surface area contributed by atoms with Crippen LogP contribution in [-0.2, 0) is 17.8 Å². The third kappa shape index (κ3) is 2.58. The second-order valence-electron chi connectivity index (χ2n) is 5.17. The SMILES string of the molecule is Cc1nn(CCn2cc([C@H]3CCOC3)nn2)c(C)c1Cl. The molecule has 2 aromatic heterocycles. The van der Waals surface area contributed by atoms with Gasteiger partial charge in [-0.05, 0) is 20.3 Å². The van der Waals surface area contributed by atoms with Gasteiger partial charge in [0.05, 0.1) is 41.8 Å². The van der Waals surface area contributed by atoms with E-state index in [2.05, 4.69) is 15.4 Å². The lowest BCUT2D eigenvalue weighted by molar-refractivity contribution is 0.193. The van der Waals surface area contributed by atoms with Crippen molar-refractivity contribution in [2.24, 2.45) is 0 Å². The highest BCUT2D eigenvalue weighted by molar-refractivity contribution is 6.31. The Morgan fingerprint density at radius 1 is 1.40 bits per heavy atom. The highest BCUT2D eigenvalue weighted by Gasteiger charge is 2.20. The zero-order valence-electron chi connectivity index (χ0n) is 11.7. The fourth-order valence-electron chi connectivity index (χ4n) is 2.47. The Kier molecular flexibility index (Phi) is 3.76. The number of rotatable bonds is 4. The van der Waals surface area contributed by atoms with E-state index in [9.17, 15) is 0 Å². The summed E-state index contributed by atoms with van der Waals surface area (Å²) in [6.07, 6.45) is 3.04. The highest BCUT2D eigenvalue weighted by atomic mass is 35.5. The zero-order valence-corrected chi connectivity index (χ0v) is 12.5. The van der Waals surface area contributed by atoms with Gasteiger partial charge in [0.15, 0.2) is 0 Å². The van der Waals surface area contributed by atoms with Gasteiger partial charge in [0, 0.05) is 18.7 Å². The highest BCUT2D eigenvalue weighted by Crippen LogP contribution is 2.23. The largest absolute Gasteiger partial charge is 0.381 e. The fraction of sp³-hybridized carbons (Fsp3) is 0.615. The van der Waals surface area contributed by atoms with E-state index in [1.165, 1.54) is 0 Å². The van der Waals surface area contributed by atoms with Gasteiger partial charge in [0.25, 0.3) is 0 Å². The average Bonchev–Trinajstić information content (AvgIpc) is 3.14. The molecule has 3 heterocycles. The van der Waals surface area contributed by atoms with Crippen molar-refractivity contribution in [2.75, 3.05) is 13.2 Å².